The molecule has 1 heterocycles. The van der Waals surface area contributed by atoms with Gasteiger partial charge in [0.2, 0.25) is 0 Å². The first kappa shape index (κ1) is 13.5. The van der Waals surface area contributed by atoms with Crippen molar-refractivity contribution in [3.05, 3.63) is 30.5 Å². The first-order valence-electron chi connectivity index (χ1n) is 6.96. The van der Waals surface area contributed by atoms with E-state index in [0.29, 0.717) is 11.3 Å². The van der Waals surface area contributed by atoms with E-state index in [2.05, 4.69) is 23.0 Å². The largest absolute Gasteiger partial charge is 0.496 e. The Morgan fingerprint density at radius 3 is 2.80 bits per heavy atom. The average Bonchev–Trinajstić information content (AvgIpc) is 2.44. The predicted molar refractivity (Wildman–Crippen MR) is 83.9 cm³/mol. The molecule has 0 amide bonds. The number of halogens is 1. The van der Waals surface area contributed by atoms with Gasteiger partial charge in [0.05, 0.1) is 7.11 Å². The van der Waals surface area contributed by atoms with Gasteiger partial charge in [-0.3, -0.25) is 0 Å². The Morgan fingerprint density at radius 1 is 1.30 bits per heavy atom. The molecule has 3 rings (SSSR count). The molecule has 106 valence electrons. The third-order valence-corrected chi connectivity index (χ3v) is 4.39. The number of anilines is 1. The van der Waals surface area contributed by atoms with Gasteiger partial charge in [0.15, 0.2) is 0 Å². The number of ether oxygens (including phenoxy) is 1. The van der Waals surface area contributed by atoms with Crippen LogP contribution in [0, 0.1) is 5.92 Å². The number of hydrogen-bond acceptors (Lipinski definition) is 3. The Balaban J connectivity index is 1.90. The highest BCUT2D eigenvalue weighted by molar-refractivity contribution is 6.21. The Bertz CT molecular complexity index is 610. The zero-order valence-corrected chi connectivity index (χ0v) is 12.6. The fraction of sp³-hybridized carbons (Fsp3) is 0.438. The lowest BCUT2D eigenvalue weighted by molar-refractivity contribution is 0.329. The summed E-state index contributed by atoms with van der Waals surface area (Å²) >= 11 is 6.06. The average molecular weight is 291 g/mol. The van der Waals surface area contributed by atoms with E-state index in [-0.39, 0.29) is 0 Å². The highest BCUT2D eigenvalue weighted by atomic mass is 35.5. The van der Waals surface area contributed by atoms with Crippen molar-refractivity contribution in [2.45, 2.75) is 18.2 Å². The molecule has 3 nitrogen and oxygen atoms in total. The smallest absolute Gasteiger partial charge is 0.136 e. The van der Waals surface area contributed by atoms with Crippen molar-refractivity contribution < 1.29 is 4.74 Å². The summed E-state index contributed by atoms with van der Waals surface area (Å²) in [6, 6.07) is 8.10. The van der Waals surface area contributed by atoms with Gasteiger partial charge >= 0.3 is 0 Å². The second-order valence-corrected chi connectivity index (χ2v) is 6.12. The van der Waals surface area contributed by atoms with E-state index in [1.165, 1.54) is 0 Å². The molecule has 0 atom stereocenters. The van der Waals surface area contributed by atoms with E-state index in [4.69, 9.17) is 16.3 Å². The fourth-order valence-corrected chi connectivity index (χ4v) is 3.43. The number of alkyl halides is 1. The molecule has 0 spiro atoms. The van der Waals surface area contributed by atoms with Crippen molar-refractivity contribution in [2.24, 2.45) is 5.92 Å². The lowest BCUT2D eigenvalue weighted by Gasteiger charge is -2.34. The van der Waals surface area contributed by atoms with Crippen molar-refractivity contribution in [1.29, 1.82) is 0 Å². The second-order valence-electron chi connectivity index (χ2n) is 5.51. The SMILES string of the molecule is COc1cccc2c(N(C)CC3CC(Cl)C3)nccc12. The van der Waals surface area contributed by atoms with Crippen molar-refractivity contribution in [3.8, 4) is 5.75 Å². The van der Waals surface area contributed by atoms with Crippen LogP contribution >= 0.6 is 11.6 Å². The van der Waals surface area contributed by atoms with Gasteiger partial charge in [0.25, 0.3) is 0 Å². The number of hydrogen-bond donors (Lipinski definition) is 0. The number of methoxy groups -OCH3 is 1. The van der Waals surface area contributed by atoms with Crippen molar-refractivity contribution >= 4 is 28.2 Å². The monoisotopic (exact) mass is 290 g/mol. The van der Waals surface area contributed by atoms with Crippen LogP contribution < -0.4 is 9.64 Å². The Morgan fingerprint density at radius 2 is 2.10 bits per heavy atom. The maximum atomic E-state index is 6.06. The van der Waals surface area contributed by atoms with E-state index in [1.54, 1.807) is 7.11 Å². The zero-order valence-electron chi connectivity index (χ0n) is 11.8. The van der Waals surface area contributed by atoms with Gasteiger partial charge in [-0.1, -0.05) is 12.1 Å². The predicted octanol–water partition coefficient (Wildman–Crippen LogP) is 3.70. The third kappa shape index (κ3) is 2.42. The molecule has 1 aliphatic rings. The summed E-state index contributed by atoms with van der Waals surface area (Å²) in [5, 5.41) is 2.61. The van der Waals surface area contributed by atoms with E-state index in [9.17, 15) is 0 Å². The Labute approximate surface area is 124 Å². The summed E-state index contributed by atoms with van der Waals surface area (Å²) in [7, 11) is 3.80. The number of pyridine rings is 1. The van der Waals surface area contributed by atoms with Gasteiger partial charge < -0.3 is 9.64 Å². The molecule has 20 heavy (non-hydrogen) atoms. The highest BCUT2D eigenvalue weighted by Gasteiger charge is 2.28. The Hall–Kier alpha value is -1.48. The molecule has 1 aromatic heterocycles. The molecular formula is C16H19ClN2O. The number of nitrogens with zero attached hydrogens (tertiary/aromatic N) is 2. The molecule has 0 bridgehead atoms. The maximum Gasteiger partial charge on any atom is 0.136 e. The van der Waals surface area contributed by atoms with Gasteiger partial charge in [0, 0.05) is 35.9 Å². The van der Waals surface area contributed by atoms with Gasteiger partial charge in [-0.05, 0) is 30.9 Å². The minimum Gasteiger partial charge on any atom is -0.496 e. The fourth-order valence-electron chi connectivity index (χ4n) is 2.92. The van der Waals surface area contributed by atoms with Gasteiger partial charge in [-0.15, -0.1) is 11.6 Å². The van der Waals surface area contributed by atoms with Gasteiger partial charge in [-0.25, -0.2) is 4.98 Å². The summed E-state index contributed by atoms with van der Waals surface area (Å²) in [5.74, 6) is 2.59. The van der Waals surface area contributed by atoms with E-state index in [0.717, 1.165) is 41.7 Å². The normalized spacial score (nSPS) is 21.6. The number of aromatic nitrogens is 1. The number of fused-ring (bicyclic) bond motifs is 1. The molecule has 4 heteroatoms. The van der Waals surface area contributed by atoms with Crippen LogP contribution in [0.2, 0.25) is 0 Å². The molecular weight excluding hydrogens is 272 g/mol. The lowest BCUT2D eigenvalue weighted by Crippen LogP contribution is -2.35. The van der Waals surface area contributed by atoms with Gasteiger partial charge in [0.1, 0.15) is 11.6 Å². The molecule has 0 radical (unpaired) electrons. The summed E-state index contributed by atoms with van der Waals surface area (Å²) < 4.78 is 5.43. The van der Waals surface area contributed by atoms with Crippen LogP contribution in [0.3, 0.4) is 0 Å². The molecule has 1 saturated carbocycles. The quantitative estimate of drug-likeness (QED) is 0.803. The van der Waals surface area contributed by atoms with E-state index < -0.39 is 0 Å². The topological polar surface area (TPSA) is 25.4 Å². The zero-order chi connectivity index (χ0) is 14.1. The first-order chi connectivity index (χ1) is 9.69. The number of benzene rings is 1. The second kappa shape index (κ2) is 5.49. The summed E-state index contributed by atoms with van der Waals surface area (Å²) in [4.78, 5) is 6.78. The van der Waals surface area contributed by atoms with Crippen LogP contribution in [-0.2, 0) is 0 Å². The molecule has 0 unspecified atom stereocenters. The van der Waals surface area contributed by atoms with Crippen molar-refractivity contribution in [3.63, 3.8) is 0 Å². The first-order valence-corrected chi connectivity index (χ1v) is 7.39. The van der Waals surface area contributed by atoms with Crippen LogP contribution in [0.25, 0.3) is 10.8 Å². The minimum absolute atomic E-state index is 0.369. The number of rotatable bonds is 4. The van der Waals surface area contributed by atoms with Crippen LogP contribution in [0.15, 0.2) is 30.5 Å². The van der Waals surface area contributed by atoms with Crippen LogP contribution in [0.5, 0.6) is 5.75 Å². The lowest BCUT2D eigenvalue weighted by atomic mass is 9.84. The molecule has 1 aromatic carbocycles. The standard InChI is InChI=1S/C16H19ClN2O/c1-19(10-11-8-12(17)9-11)16-14-4-3-5-15(20-2)13(14)6-7-18-16/h3-7,11-12H,8-10H2,1-2H3. The van der Waals surface area contributed by atoms with Crippen LogP contribution in [-0.4, -0.2) is 31.1 Å². The molecule has 1 fully saturated rings. The maximum absolute atomic E-state index is 6.06. The van der Waals surface area contributed by atoms with Gasteiger partial charge in [-0.2, -0.15) is 0 Å². The summed E-state index contributed by atoms with van der Waals surface area (Å²) in [5.41, 5.74) is 0. The summed E-state index contributed by atoms with van der Waals surface area (Å²) in [6.07, 6.45) is 4.07. The van der Waals surface area contributed by atoms with E-state index >= 15 is 0 Å². The highest BCUT2D eigenvalue weighted by Crippen LogP contribution is 2.35. The molecule has 0 N–H and O–H groups in total. The van der Waals surface area contributed by atoms with Crippen molar-refractivity contribution in [1.82, 2.24) is 4.98 Å². The van der Waals surface area contributed by atoms with E-state index in [1.807, 2.05) is 24.4 Å². The molecule has 1 aliphatic carbocycles. The third-order valence-electron chi connectivity index (χ3n) is 4.04. The van der Waals surface area contributed by atoms with Crippen molar-refractivity contribution in [2.75, 3.05) is 25.6 Å². The molecule has 0 aliphatic heterocycles. The molecule has 2 aromatic rings. The van der Waals surface area contributed by atoms with Crippen LogP contribution in [0.4, 0.5) is 5.82 Å². The molecule has 0 saturated heterocycles. The van der Waals surface area contributed by atoms with Crippen LogP contribution in [0.1, 0.15) is 12.8 Å². The summed E-state index contributed by atoms with van der Waals surface area (Å²) in [6.45, 7) is 1.01. The minimum atomic E-state index is 0.369. The Kier molecular flexibility index (Phi) is 3.70.